The summed E-state index contributed by atoms with van der Waals surface area (Å²) in [6, 6.07) is 5.43. The van der Waals surface area contributed by atoms with Crippen LogP contribution < -0.4 is 15.9 Å². The Labute approximate surface area is 174 Å². The Balaban J connectivity index is 1.72. The number of thioether (sulfide) groups is 1. The van der Waals surface area contributed by atoms with Gasteiger partial charge < -0.3 is 10.2 Å². The summed E-state index contributed by atoms with van der Waals surface area (Å²) in [6.45, 7) is 3.42. The molecular weight excluding hydrogens is 396 g/mol. The summed E-state index contributed by atoms with van der Waals surface area (Å²) in [6.07, 6.45) is 2.84. The van der Waals surface area contributed by atoms with Crippen LogP contribution in [0.25, 0.3) is 0 Å². The van der Waals surface area contributed by atoms with Gasteiger partial charge in [-0.2, -0.15) is 4.98 Å². The first-order valence-corrected chi connectivity index (χ1v) is 10.8. The highest BCUT2D eigenvalue weighted by Gasteiger charge is 2.22. The minimum atomic E-state index is -0.213. The van der Waals surface area contributed by atoms with Gasteiger partial charge in [-0.1, -0.05) is 29.4 Å². The van der Waals surface area contributed by atoms with Gasteiger partial charge in [0.1, 0.15) is 5.03 Å². The van der Waals surface area contributed by atoms with Crippen molar-refractivity contribution in [2.75, 3.05) is 31.7 Å². The Morgan fingerprint density at radius 1 is 1.36 bits per heavy atom. The van der Waals surface area contributed by atoms with Crippen molar-refractivity contribution in [3.8, 4) is 0 Å². The Morgan fingerprint density at radius 2 is 2.14 bits per heavy atom. The predicted octanol–water partition coefficient (Wildman–Crippen LogP) is 1.57. The number of amides is 1. The fourth-order valence-corrected chi connectivity index (χ4v) is 4.39. The van der Waals surface area contributed by atoms with E-state index >= 15 is 0 Å². The molecule has 1 aliphatic rings. The zero-order valence-electron chi connectivity index (χ0n) is 16.5. The number of nitrogens with zero attached hydrogens (tertiary/aromatic N) is 2. The molecule has 6 nitrogen and oxygen atoms in total. The van der Waals surface area contributed by atoms with E-state index < -0.39 is 0 Å². The fourth-order valence-electron chi connectivity index (χ4n) is 3.33. The maximum Gasteiger partial charge on any atom is 0.349 e. The van der Waals surface area contributed by atoms with Crippen molar-refractivity contribution in [2.45, 2.75) is 37.8 Å². The van der Waals surface area contributed by atoms with Crippen LogP contribution in [0.2, 0.25) is 5.02 Å². The lowest BCUT2D eigenvalue weighted by molar-refractivity contribution is -0.859. The molecule has 1 heterocycles. The van der Waals surface area contributed by atoms with Crippen LogP contribution in [0.15, 0.2) is 28.0 Å². The van der Waals surface area contributed by atoms with Crippen LogP contribution in [0.3, 0.4) is 0 Å². The number of quaternary nitrogens is 1. The zero-order chi connectivity index (χ0) is 20.3. The minimum Gasteiger partial charge on any atom is -0.338 e. The third-order valence-corrected chi connectivity index (χ3v) is 6.35. The van der Waals surface area contributed by atoms with Crippen molar-refractivity contribution in [3.05, 3.63) is 50.5 Å². The van der Waals surface area contributed by atoms with Crippen molar-refractivity contribution in [2.24, 2.45) is 0 Å². The third kappa shape index (κ3) is 4.77. The first-order chi connectivity index (χ1) is 13.4. The molecule has 150 valence electrons. The second-order valence-corrected chi connectivity index (χ2v) is 8.71. The van der Waals surface area contributed by atoms with Crippen LogP contribution in [-0.2, 0) is 24.2 Å². The number of carbonyl (C=O) groups is 1. The number of halogens is 1. The average Bonchev–Trinajstić information content (AvgIpc) is 3.12. The molecule has 28 heavy (non-hydrogen) atoms. The molecule has 0 atom stereocenters. The summed E-state index contributed by atoms with van der Waals surface area (Å²) in [5.74, 6) is 0.0701. The molecule has 1 aromatic heterocycles. The van der Waals surface area contributed by atoms with E-state index in [0.29, 0.717) is 22.3 Å². The molecule has 0 radical (unpaired) electrons. The number of hydrogen-bond acceptors (Lipinski definition) is 4. The second kappa shape index (κ2) is 9.11. The quantitative estimate of drug-likeness (QED) is 0.526. The maximum absolute atomic E-state index is 12.5. The van der Waals surface area contributed by atoms with Gasteiger partial charge in [0.15, 0.2) is 0 Å². The normalized spacial score (nSPS) is 13.0. The molecule has 2 N–H and O–H groups in total. The van der Waals surface area contributed by atoms with Crippen LogP contribution >= 0.6 is 23.4 Å². The lowest BCUT2D eigenvalue weighted by atomic mass is 10.2. The first kappa shape index (κ1) is 20.9. The van der Waals surface area contributed by atoms with Gasteiger partial charge >= 0.3 is 5.69 Å². The van der Waals surface area contributed by atoms with Crippen molar-refractivity contribution in [1.82, 2.24) is 9.55 Å². The van der Waals surface area contributed by atoms with Gasteiger partial charge in [-0.3, -0.25) is 9.36 Å². The molecular formula is C20H26ClN4O2S+. The number of benzene rings is 1. The minimum absolute atomic E-state index is 0.135. The Hall–Kier alpha value is -1.83. The molecule has 0 saturated heterocycles. The summed E-state index contributed by atoms with van der Waals surface area (Å²) >= 11 is 7.44. The van der Waals surface area contributed by atoms with Crippen LogP contribution in [0, 0.1) is 6.92 Å². The molecule has 0 saturated carbocycles. The summed E-state index contributed by atoms with van der Waals surface area (Å²) in [5.41, 5.74) is 3.56. The highest BCUT2D eigenvalue weighted by atomic mass is 35.5. The number of hydrogen-bond donors (Lipinski definition) is 2. The summed E-state index contributed by atoms with van der Waals surface area (Å²) in [7, 11) is 4.15. The van der Waals surface area contributed by atoms with Crippen LogP contribution in [0.5, 0.6) is 0 Å². The van der Waals surface area contributed by atoms with E-state index in [2.05, 4.69) is 24.4 Å². The molecule has 2 aromatic rings. The molecule has 0 unspecified atom stereocenters. The van der Waals surface area contributed by atoms with E-state index in [4.69, 9.17) is 11.6 Å². The van der Waals surface area contributed by atoms with E-state index in [1.807, 2.05) is 23.6 Å². The van der Waals surface area contributed by atoms with Crippen molar-refractivity contribution in [1.29, 1.82) is 0 Å². The molecule has 1 aliphatic carbocycles. The van der Waals surface area contributed by atoms with Gasteiger partial charge in [0, 0.05) is 22.0 Å². The number of anilines is 1. The topological polar surface area (TPSA) is 68.4 Å². The number of likely N-dealkylation sites (N-methyl/N-ethyl adjacent to an activating group) is 1. The smallest absolute Gasteiger partial charge is 0.338 e. The fraction of sp³-hybridized carbons (Fsp3) is 0.450. The second-order valence-electron chi connectivity index (χ2n) is 7.34. The molecule has 0 aliphatic heterocycles. The van der Waals surface area contributed by atoms with Crippen LogP contribution in [0.4, 0.5) is 5.69 Å². The summed E-state index contributed by atoms with van der Waals surface area (Å²) < 4.78 is 1.81. The van der Waals surface area contributed by atoms with Crippen molar-refractivity contribution < 1.29 is 9.69 Å². The Morgan fingerprint density at radius 3 is 2.89 bits per heavy atom. The van der Waals surface area contributed by atoms with E-state index in [-0.39, 0.29) is 17.3 Å². The van der Waals surface area contributed by atoms with Gasteiger partial charge in [0.2, 0.25) is 5.91 Å². The number of fused-ring (bicyclic) bond motifs is 1. The van der Waals surface area contributed by atoms with Crippen LogP contribution in [0.1, 0.15) is 23.2 Å². The predicted molar refractivity (Wildman–Crippen MR) is 114 cm³/mol. The molecule has 8 heteroatoms. The average molecular weight is 422 g/mol. The Bertz CT molecular complexity index is 943. The van der Waals surface area contributed by atoms with Crippen molar-refractivity contribution >= 4 is 35.0 Å². The SMILES string of the molecule is Cc1c(Cl)cccc1NC(=O)CSc1nc(=O)n(CC[NH+](C)C)c2c1CCC2. The van der Waals surface area contributed by atoms with E-state index in [9.17, 15) is 9.59 Å². The van der Waals surface area contributed by atoms with E-state index in [1.54, 1.807) is 6.07 Å². The largest absolute Gasteiger partial charge is 0.349 e. The van der Waals surface area contributed by atoms with Gasteiger partial charge in [0.05, 0.1) is 32.9 Å². The molecule has 0 fully saturated rings. The summed E-state index contributed by atoms with van der Waals surface area (Å²) in [4.78, 5) is 30.5. The molecule has 3 rings (SSSR count). The van der Waals surface area contributed by atoms with Gasteiger partial charge in [-0.05, 0) is 43.9 Å². The van der Waals surface area contributed by atoms with Gasteiger partial charge in [-0.15, -0.1) is 0 Å². The lowest BCUT2D eigenvalue weighted by Crippen LogP contribution is -3.06. The highest BCUT2D eigenvalue weighted by Crippen LogP contribution is 2.29. The molecule has 0 bridgehead atoms. The zero-order valence-corrected chi connectivity index (χ0v) is 18.0. The van der Waals surface area contributed by atoms with E-state index in [1.165, 1.54) is 16.7 Å². The monoisotopic (exact) mass is 421 g/mol. The number of nitrogens with one attached hydrogen (secondary N) is 2. The molecule has 1 aromatic carbocycles. The lowest BCUT2D eigenvalue weighted by Gasteiger charge is -2.15. The number of aromatic nitrogens is 2. The third-order valence-electron chi connectivity index (χ3n) is 4.92. The van der Waals surface area contributed by atoms with Gasteiger partial charge in [-0.25, -0.2) is 4.79 Å². The molecule has 0 spiro atoms. The maximum atomic E-state index is 12.5. The van der Waals surface area contributed by atoms with E-state index in [0.717, 1.165) is 42.6 Å². The summed E-state index contributed by atoms with van der Waals surface area (Å²) in [5, 5.41) is 4.21. The van der Waals surface area contributed by atoms with Crippen molar-refractivity contribution in [3.63, 3.8) is 0 Å². The van der Waals surface area contributed by atoms with Gasteiger partial charge in [0.25, 0.3) is 0 Å². The Kier molecular flexibility index (Phi) is 6.80. The highest BCUT2D eigenvalue weighted by molar-refractivity contribution is 8.00. The number of carbonyl (C=O) groups excluding carboxylic acids is 1. The van der Waals surface area contributed by atoms with Crippen LogP contribution in [-0.4, -0.2) is 41.9 Å². The first-order valence-electron chi connectivity index (χ1n) is 9.46. The standard InChI is InChI=1S/C20H25ClN4O2S/c1-13-15(21)7-5-8-16(13)22-18(26)12-28-19-14-6-4-9-17(14)25(20(27)23-19)11-10-24(2)3/h5,7-8H,4,6,9-12H2,1-3H3,(H,22,26)/p+1. The molecule has 1 amide bonds. The number of rotatable bonds is 7.